The van der Waals surface area contributed by atoms with Crippen LogP contribution in [0.2, 0.25) is 0 Å². The SMILES string of the molecule is CN(C)[S+]([O-])c1cc(Br)ccc1C(N)c1ccccc1. The van der Waals surface area contributed by atoms with Crippen molar-refractivity contribution in [2.75, 3.05) is 14.1 Å². The lowest BCUT2D eigenvalue weighted by Gasteiger charge is -2.21. The highest BCUT2D eigenvalue weighted by Gasteiger charge is 2.24. The summed E-state index contributed by atoms with van der Waals surface area (Å²) >= 11 is 2.20. The Bertz CT molecular complexity index is 577. The number of hydrogen-bond acceptors (Lipinski definition) is 3. The first-order chi connectivity index (χ1) is 9.50. The van der Waals surface area contributed by atoms with Gasteiger partial charge in [-0.05, 0) is 11.6 Å². The van der Waals surface area contributed by atoms with Crippen molar-refractivity contribution >= 4 is 27.3 Å². The van der Waals surface area contributed by atoms with Crippen LogP contribution in [0.3, 0.4) is 0 Å². The summed E-state index contributed by atoms with van der Waals surface area (Å²) in [7, 11) is 3.57. The van der Waals surface area contributed by atoms with E-state index in [1.807, 2.05) is 48.5 Å². The molecule has 2 rings (SSSR count). The van der Waals surface area contributed by atoms with E-state index in [2.05, 4.69) is 15.9 Å². The van der Waals surface area contributed by atoms with Crippen molar-refractivity contribution in [2.24, 2.45) is 5.73 Å². The van der Waals surface area contributed by atoms with Crippen LogP contribution in [0.15, 0.2) is 57.9 Å². The molecule has 0 aliphatic heterocycles. The molecule has 2 aromatic carbocycles. The van der Waals surface area contributed by atoms with Gasteiger partial charge in [-0.1, -0.05) is 52.3 Å². The molecule has 2 aromatic rings. The molecule has 0 bridgehead atoms. The second-order valence-corrected chi connectivity index (χ2v) is 7.22. The number of benzene rings is 2. The van der Waals surface area contributed by atoms with Crippen molar-refractivity contribution in [2.45, 2.75) is 10.9 Å². The molecule has 0 aliphatic carbocycles. The molecule has 0 heterocycles. The number of rotatable bonds is 4. The Morgan fingerprint density at radius 3 is 2.40 bits per heavy atom. The normalized spacial score (nSPS) is 14.3. The monoisotopic (exact) mass is 352 g/mol. The third-order valence-corrected chi connectivity index (χ3v) is 4.88. The third kappa shape index (κ3) is 3.42. The van der Waals surface area contributed by atoms with Crippen LogP contribution in [-0.4, -0.2) is 23.0 Å². The van der Waals surface area contributed by atoms with E-state index in [9.17, 15) is 4.55 Å². The maximum Gasteiger partial charge on any atom is 0.180 e. The largest absolute Gasteiger partial charge is 0.593 e. The molecular formula is C15H17BrN2OS. The van der Waals surface area contributed by atoms with E-state index in [1.165, 1.54) is 0 Å². The van der Waals surface area contributed by atoms with E-state index in [4.69, 9.17) is 5.73 Å². The maximum absolute atomic E-state index is 12.4. The molecule has 5 heteroatoms. The van der Waals surface area contributed by atoms with Gasteiger partial charge in [-0.25, -0.2) is 0 Å². The molecule has 2 atom stereocenters. The summed E-state index contributed by atoms with van der Waals surface area (Å²) < 4.78 is 15.0. The van der Waals surface area contributed by atoms with E-state index in [1.54, 1.807) is 18.4 Å². The number of nitrogens with two attached hydrogens (primary N) is 1. The van der Waals surface area contributed by atoms with Crippen LogP contribution in [0, 0.1) is 0 Å². The van der Waals surface area contributed by atoms with E-state index in [0.29, 0.717) is 0 Å². The van der Waals surface area contributed by atoms with E-state index >= 15 is 0 Å². The third-order valence-electron chi connectivity index (χ3n) is 2.99. The minimum absolute atomic E-state index is 0.289. The molecule has 0 saturated carbocycles. The Morgan fingerprint density at radius 2 is 1.80 bits per heavy atom. The fraction of sp³-hybridized carbons (Fsp3) is 0.200. The first kappa shape index (κ1) is 15.5. The first-order valence-corrected chi connectivity index (χ1v) is 8.10. The summed E-state index contributed by atoms with van der Waals surface area (Å²) in [5.74, 6) is 0. The van der Waals surface area contributed by atoms with Crippen LogP contribution in [0.25, 0.3) is 0 Å². The van der Waals surface area contributed by atoms with Crippen LogP contribution in [-0.2, 0) is 11.4 Å². The zero-order chi connectivity index (χ0) is 14.7. The van der Waals surface area contributed by atoms with Crippen molar-refractivity contribution in [3.63, 3.8) is 0 Å². The van der Waals surface area contributed by atoms with Crippen LogP contribution in [0.4, 0.5) is 0 Å². The fourth-order valence-electron chi connectivity index (χ4n) is 1.95. The van der Waals surface area contributed by atoms with E-state index < -0.39 is 11.4 Å². The minimum Gasteiger partial charge on any atom is -0.593 e. The molecule has 0 aromatic heterocycles. The summed E-state index contributed by atoms with van der Waals surface area (Å²) in [6, 6.07) is 15.3. The topological polar surface area (TPSA) is 52.3 Å². The highest BCUT2D eigenvalue weighted by molar-refractivity contribution is 9.10. The molecule has 0 saturated heterocycles. The van der Waals surface area contributed by atoms with E-state index in [-0.39, 0.29) is 6.04 Å². The number of hydrogen-bond donors (Lipinski definition) is 1. The summed E-state index contributed by atoms with van der Waals surface area (Å²) in [6.45, 7) is 0. The lowest BCUT2D eigenvalue weighted by atomic mass is 10.00. The molecule has 0 amide bonds. The molecule has 0 radical (unpaired) electrons. The van der Waals surface area contributed by atoms with Crippen molar-refractivity contribution in [1.82, 2.24) is 4.31 Å². The van der Waals surface area contributed by atoms with Gasteiger partial charge in [0.05, 0.1) is 17.4 Å². The predicted octanol–water partition coefficient (Wildman–Crippen LogP) is 3.08. The molecule has 20 heavy (non-hydrogen) atoms. The van der Waals surface area contributed by atoms with Gasteiger partial charge in [0, 0.05) is 30.2 Å². The van der Waals surface area contributed by atoms with Crippen molar-refractivity contribution in [3.05, 3.63) is 64.1 Å². The van der Waals surface area contributed by atoms with Crippen molar-refractivity contribution < 1.29 is 4.55 Å². The Labute approximate surface area is 131 Å². The fourth-order valence-corrected chi connectivity index (χ4v) is 3.48. The van der Waals surface area contributed by atoms with Crippen LogP contribution in [0.1, 0.15) is 17.2 Å². The first-order valence-electron chi connectivity index (χ1n) is 6.20. The van der Waals surface area contributed by atoms with Crippen LogP contribution < -0.4 is 5.73 Å². The molecule has 106 valence electrons. The Morgan fingerprint density at radius 1 is 1.15 bits per heavy atom. The van der Waals surface area contributed by atoms with Gasteiger partial charge in [-0.3, -0.25) is 0 Å². The lowest BCUT2D eigenvalue weighted by Crippen LogP contribution is -2.25. The summed E-state index contributed by atoms with van der Waals surface area (Å²) in [5.41, 5.74) is 8.22. The Hall–Kier alpha value is -0.850. The van der Waals surface area contributed by atoms with Crippen LogP contribution in [0.5, 0.6) is 0 Å². The minimum atomic E-state index is -1.23. The van der Waals surface area contributed by atoms with Crippen LogP contribution >= 0.6 is 15.9 Å². The molecule has 0 aliphatic rings. The molecule has 3 nitrogen and oxygen atoms in total. The average molecular weight is 353 g/mol. The quantitative estimate of drug-likeness (QED) is 0.860. The van der Waals surface area contributed by atoms with Gasteiger partial charge in [-0.2, -0.15) is 0 Å². The van der Waals surface area contributed by atoms with Gasteiger partial charge in [-0.15, -0.1) is 4.31 Å². The second kappa shape index (κ2) is 6.74. The Kier molecular flexibility index (Phi) is 5.23. The van der Waals surface area contributed by atoms with Gasteiger partial charge in [0.25, 0.3) is 0 Å². The summed E-state index contributed by atoms with van der Waals surface area (Å²) in [6.07, 6.45) is 0. The smallest absolute Gasteiger partial charge is 0.180 e. The standard InChI is InChI=1S/C15H17BrN2OS/c1-18(2)20(19)14-10-12(16)8-9-13(14)15(17)11-6-4-3-5-7-11/h3-10,15H,17H2,1-2H3. The average Bonchev–Trinajstić information content (AvgIpc) is 2.46. The Balaban J connectivity index is 2.46. The second-order valence-electron chi connectivity index (χ2n) is 4.63. The predicted molar refractivity (Wildman–Crippen MR) is 86.7 cm³/mol. The lowest BCUT2D eigenvalue weighted by molar-refractivity contribution is 0.518. The maximum atomic E-state index is 12.4. The molecule has 2 unspecified atom stereocenters. The van der Waals surface area contributed by atoms with Gasteiger partial charge in [0.15, 0.2) is 4.90 Å². The highest BCUT2D eigenvalue weighted by Crippen LogP contribution is 2.29. The summed E-state index contributed by atoms with van der Waals surface area (Å²) in [4.78, 5) is 0.737. The molecule has 0 fully saturated rings. The highest BCUT2D eigenvalue weighted by atomic mass is 79.9. The van der Waals surface area contributed by atoms with Crippen molar-refractivity contribution in [3.8, 4) is 0 Å². The van der Waals surface area contributed by atoms with Gasteiger partial charge in [0.2, 0.25) is 0 Å². The van der Waals surface area contributed by atoms with Crippen molar-refractivity contribution in [1.29, 1.82) is 0 Å². The number of nitrogens with zero attached hydrogens (tertiary/aromatic N) is 1. The van der Waals surface area contributed by atoms with Gasteiger partial charge in [0.1, 0.15) is 0 Å². The summed E-state index contributed by atoms with van der Waals surface area (Å²) in [5, 5.41) is 0. The zero-order valence-electron chi connectivity index (χ0n) is 11.4. The molecule has 0 spiro atoms. The van der Waals surface area contributed by atoms with Gasteiger partial charge >= 0.3 is 0 Å². The molecule has 2 N–H and O–H groups in total. The zero-order valence-corrected chi connectivity index (χ0v) is 13.8. The van der Waals surface area contributed by atoms with E-state index in [0.717, 1.165) is 20.5 Å². The molecular weight excluding hydrogens is 336 g/mol. The number of halogens is 1. The van der Waals surface area contributed by atoms with Gasteiger partial charge < -0.3 is 10.3 Å².